The Bertz CT molecular complexity index is 742. The summed E-state index contributed by atoms with van der Waals surface area (Å²) in [5, 5.41) is 0. The zero-order chi connectivity index (χ0) is 16.3. The molecule has 0 amide bonds. The Morgan fingerprint density at radius 1 is 1.04 bits per heavy atom. The van der Waals surface area contributed by atoms with Crippen molar-refractivity contribution < 1.29 is 12.6 Å². The quantitative estimate of drug-likeness (QED) is 0.799. The smallest absolute Gasteiger partial charge is 0.262 e. The second-order valence-electron chi connectivity index (χ2n) is 6.05. The Labute approximate surface area is 137 Å². The second-order valence-corrected chi connectivity index (χ2v) is 7.62. The Hall–Kier alpha value is -1.72. The van der Waals surface area contributed by atoms with Gasteiger partial charge >= 0.3 is 0 Å². The van der Waals surface area contributed by atoms with Gasteiger partial charge in [0, 0.05) is 17.8 Å². The van der Waals surface area contributed by atoms with Crippen LogP contribution in [0.5, 0.6) is 0 Å². The number of aryl methyl sites for hydroxylation is 1. The molecular formula is C18H21NO3S. The first-order valence-corrected chi connectivity index (χ1v) is 9.38. The van der Waals surface area contributed by atoms with Crippen molar-refractivity contribution in [3.8, 4) is 0 Å². The van der Waals surface area contributed by atoms with Crippen LogP contribution in [0.15, 0.2) is 53.6 Å². The molecule has 0 saturated heterocycles. The molecule has 1 heterocycles. The van der Waals surface area contributed by atoms with Gasteiger partial charge in [-0.3, -0.25) is 9.17 Å². The molecule has 1 fully saturated rings. The van der Waals surface area contributed by atoms with Crippen molar-refractivity contribution in [3.63, 3.8) is 0 Å². The molecule has 0 radical (unpaired) electrons. The minimum atomic E-state index is -3.75. The molecular weight excluding hydrogens is 310 g/mol. The van der Waals surface area contributed by atoms with Crippen molar-refractivity contribution in [2.24, 2.45) is 0 Å². The minimum Gasteiger partial charge on any atom is -0.262 e. The van der Waals surface area contributed by atoms with Crippen LogP contribution in [-0.4, -0.2) is 19.5 Å². The fourth-order valence-electron chi connectivity index (χ4n) is 3.07. The predicted molar refractivity (Wildman–Crippen MR) is 88.7 cm³/mol. The van der Waals surface area contributed by atoms with Crippen LogP contribution in [0.2, 0.25) is 0 Å². The number of nitrogens with zero attached hydrogens (tertiary/aromatic N) is 1. The maximum atomic E-state index is 12.5. The summed E-state index contributed by atoms with van der Waals surface area (Å²) in [5.74, 6) is 0.0326. The van der Waals surface area contributed by atoms with Gasteiger partial charge in [-0.15, -0.1) is 0 Å². The maximum absolute atomic E-state index is 12.5. The molecule has 1 saturated carbocycles. The summed E-state index contributed by atoms with van der Waals surface area (Å²) in [6.07, 6.45) is 5.11. The van der Waals surface area contributed by atoms with Crippen LogP contribution in [0.25, 0.3) is 0 Å². The second kappa shape index (κ2) is 6.81. The Morgan fingerprint density at radius 3 is 2.48 bits per heavy atom. The van der Waals surface area contributed by atoms with Crippen molar-refractivity contribution in [2.45, 2.75) is 49.5 Å². The zero-order valence-electron chi connectivity index (χ0n) is 13.2. The van der Waals surface area contributed by atoms with E-state index in [0.29, 0.717) is 0 Å². The molecule has 1 aromatic carbocycles. The van der Waals surface area contributed by atoms with E-state index in [4.69, 9.17) is 4.18 Å². The summed E-state index contributed by atoms with van der Waals surface area (Å²) in [7, 11) is -3.75. The molecule has 1 aliphatic rings. The molecule has 2 atom stereocenters. The van der Waals surface area contributed by atoms with E-state index in [1.807, 2.05) is 25.1 Å². The monoisotopic (exact) mass is 331 g/mol. The van der Waals surface area contributed by atoms with Gasteiger partial charge < -0.3 is 0 Å². The summed E-state index contributed by atoms with van der Waals surface area (Å²) >= 11 is 0. The molecule has 0 aliphatic heterocycles. The molecule has 0 bridgehead atoms. The predicted octanol–water partition coefficient (Wildman–Crippen LogP) is 3.82. The largest absolute Gasteiger partial charge is 0.297 e. The molecule has 122 valence electrons. The van der Waals surface area contributed by atoms with Crippen LogP contribution < -0.4 is 0 Å². The summed E-state index contributed by atoms with van der Waals surface area (Å²) in [6, 6.07) is 12.5. The third-order valence-electron chi connectivity index (χ3n) is 4.33. The highest BCUT2D eigenvalue weighted by Crippen LogP contribution is 2.35. The van der Waals surface area contributed by atoms with Crippen LogP contribution in [0.4, 0.5) is 0 Å². The van der Waals surface area contributed by atoms with Crippen molar-refractivity contribution in [1.82, 2.24) is 4.98 Å². The number of hydrogen-bond acceptors (Lipinski definition) is 4. The highest BCUT2D eigenvalue weighted by atomic mass is 32.2. The molecule has 0 N–H and O–H groups in total. The Kier molecular flexibility index (Phi) is 4.78. The lowest BCUT2D eigenvalue weighted by atomic mass is 9.84. The lowest BCUT2D eigenvalue weighted by Crippen LogP contribution is -2.29. The van der Waals surface area contributed by atoms with E-state index in [0.717, 1.165) is 36.9 Å². The van der Waals surface area contributed by atoms with E-state index in [-0.39, 0.29) is 16.9 Å². The van der Waals surface area contributed by atoms with E-state index < -0.39 is 10.1 Å². The molecule has 3 rings (SSSR count). The minimum absolute atomic E-state index is 0.0326. The van der Waals surface area contributed by atoms with Gasteiger partial charge in [-0.1, -0.05) is 36.6 Å². The number of rotatable bonds is 4. The molecule has 0 spiro atoms. The number of aromatic nitrogens is 1. The third-order valence-corrected chi connectivity index (χ3v) is 5.68. The van der Waals surface area contributed by atoms with Crippen LogP contribution in [0, 0.1) is 6.92 Å². The number of hydrogen-bond donors (Lipinski definition) is 0. The normalized spacial score (nSPS) is 22.0. The van der Waals surface area contributed by atoms with Gasteiger partial charge in [0.15, 0.2) is 0 Å². The standard InChI is InChI=1S/C18H21NO3S/c1-14-9-11-15(12-10-14)23(20,21)22-18-8-3-2-6-16(18)17-7-4-5-13-19-17/h4-5,7,9-13,16,18H,2-3,6,8H2,1H3/t16-,18+/m0/s1. The molecule has 2 aromatic rings. The van der Waals surface area contributed by atoms with Crippen molar-refractivity contribution in [2.75, 3.05) is 0 Å². The van der Waals surface area contributed by atoms with Crippen LogP contribution in [-0.2, 0) is 14.3 Å². The van der Waals surface area contributed by atoms with Crippen LogP contribution in [0.1, 0.15) is 42.9 Å². The SMILES string of the molecule is Cc1ccc(S(=O)(=O)O[C@@H]2CCCC[C@H]2c2ccccn2)cc1. The van der Waals surface area contributed by atoms with E-state index in [1.165, 1.54) is 0 Å². The molecule has 4 nitrogen and oxygen atoms in total. The molecule has 5 heteroatoms. The Morgan fingerprint density at radius 2 is 1.78 bits per heavy atom. The van der Waals surface area contributed by atoms with Gasteiger partial charge in [0.1, 0.15) is 0 Å². The molecule has 0 unspecified atom stereocenters. The number of benzene rings is 1. The average molecular weight is 331 g/mol. The van der Waals surface area contributed by atoms with Crippen LogP contribution in [0.3, 0.4) is 0 Å². The lowest BCUT2D eigenvalue weighted by molar-refractivity contribution is 0.135. The summed E-state index contributed by atoms with van der Waals surface area (Å²) < 4.78 is 30.7. The summed E-state index contributed by atoms with van der Waals surface area (Å²) in [4.78, 5) is 4.61. The van der Waals surface area contributed by atoms with Gasteiger partial charge in [-0.05, 0) is 44.0 Å². The zero-order valence-corrected chi connectivity index (χ0v) is 14.0. The van der Waals surface area contributed by atoms with Gasteiger partial charge in [0.25, 0.3) is 10.1 Å². The van der Waals surface area contributed by atoms with Gasteiger partial charge in [0.05, 0.1) is 11.0 Å². The van der Waals surface area contributed by atoms with Gasteiger partial charge in [-0.25, -0.2) is 0 Å². The van der Waals surface area contributed by atoms with E-state index >= 15 is 0 Å². The summed E-state index contributed by atoms with van der Waals surface area (Å²) in [5.41, 5.74) is 1.93. The van der Waals surface area contributed by atoms with E-state index in [2.05, 4.69) is 4.98 Å². The first-order valence-electron chi connectivity index (χ1n) is 7.97. The Balaban J connectivity index is 1.83. The van der Waals surface area contributed by atoms with Crippen molar-refractivity contribution in [3.05, 3.63) is 59.9 Å². The van der Waals surface area contributed by atoms with Gasteiger partial charge in [0.2, 0.25) is 0 Å². The fourth-order valence-corrected chi connectivity index (χ4v) is 4.21. The van der Waals surface area contributed by atoms with E-state index in [9.17, 15) is 8.42 Å². The highest BCUT2D eigenvalue weighted by molar-refractivity contribution is 7.86. The fraction of sp³-hybridized carbons (Fsp3) is 0.389. The first kappa shape index (κ1) is 16.1. The van der Waals surface area contributed by atoms with Crippen LogP contribution >= 0.6 is 0 Å². The molecule has 23 heavy (non-hydrogen) atoms. The van der Waals surface area contributed by atoms with Crippen molar-refractivity contribution >= 4 is 10.1 Å². The third kappa shape index (κ3) is 3.79. The number of pyridine rings is 1. The molecule has 1 aromatic heterocycles. The average Bonchev–Trinajstić information content (AvgIpc) is 2.56. The summed E-state index contributed by atoms with van der Waals surface area (Å²) in [6.45, 7) is 1.93. The lowest BCUT2D eigenvalue weighted by Gasteiger charge is -2.30. The molecule has 1 aliphatic carbocycles. The van der Waals surface area contributed by atoms with Crippen molar-refractivity contribution in [1.29, 1.82) is 0 Å². The van der Waals surface area contributed by atoms with Gasteiger partial charge in [-0.2, -0.15) is 8.42 Å². The van der Waals surface area contributed by atoms with E-state index in [1.54, 1.807) is 30.5 Å². The highest BCUT2D eigenvalue weighted by Gasteiger charge is 2.32. The first-order chi connectivity index (χ1) is 11.1. The topological polar surface area (TPSA) is 56.3 Å². The maximum Gasteiger partial charge on any atom is 0.297 e.